The Balaban J connectivity index is 1.66. The Morgan fingerprint density at radius 1 is 1.03 bits per heavy atom. The molecular formula is C23H23NO5. The fourth-order valence-corrected chi connectivity index (χ4v) is 3.48. The molecular weight excluding hydrogens is 370 g/mol. The number of benzene rings is 2. The van der Waals surface area contributed by atoms with Crippen LogP contribution < -0.4 is 14.4 Å². The zero-order chi connectivity index (χ0) is 20.4. The van der Waals surface area contributed by atoms with E-state index < -0.39 is 5.60 Å². The van der Waals surface area contributed by atoms with E-state index in [4.69, 9.17) is 14.2 Å². The predicted molar refractivity (Wildman–Crippen MR) is 108 cm³/mol. The minimum atomic E-state index is -0.712. The van der Waals surface area contributed by atoms with Gasteiger partial charge in [0.15, 0.2) is 23.0 Å². The molecule has 0 bridgehead atoms. The van der Waals surface area contributed by atoms with Crippen LogP contribution in [-0.4, -0.2) is 30.5 Å². The van der Waals surface area contributed by atoms with E-state index >= 15 is 0 Å². The number of ketones is 1. The number of nitrogens with zero attached hydrogens (tertiary/aromatic N) is 1. The first-order valence-electron chi connectivity index (χ1n) is 9.60. The van der Waals surface area contributed by atoms with Crippen molar-refractivity contribution in [1.29, 1.82) is 0 Å². The normalized spacial score (nSPS) is 17.2. The van der Waals surface area contributed by atoms with Crippen LogP contribution in [0.25, 0.3) is 0 Å². The lowest BCUT2D eigenvalue weighted by atomic mass is 9.98. The Morgan fingerprint density at radius 3 is 2.48 bits per heavy atom. The lowest BCUT2D eigenvalue weighted by Crippen LogP contribution is -2.39. The Bertz CT molecular complexity index is 964. The molecule has 2 aromatic rings. The van der Waals surface area contributed by atoms with E-state index in [-0.39, 0.29) is 23.9 Å². The smallest absolute Gasteiger partial charge is 0.293 e. The first kappa shape index (κ1) is 19.1. The van der Waals surface area contributed by atoms with Gasteiger partial charge < -0.3 is 19.1 Å². The molecule has 0 aromatic heterocycles. The number of allylic oxidation sites excluding steroid dienone is 1. The number of rotatable bonds is 4. The number of carbonyl (C=O) groups is 2. The number of para-hydroxylation sites is 1. The van der Waals surface area contributed by atoms with Gasteiger partial charge in [-0.2, -0.15) is 0 Å². The molecule has 0 radical (unpaired) electrons. The summed E-state index contributed by atoms with van der Waals surface area (Å²) in [5.41, 5.74) is 0.886. The van der Waals surface area contributed by atoms with E-state index in [0.29, 0.717) is 36.9 Å². The highest BCUT2D eigenvalue weighted by Crippen LogP contribution is 2.32. The van der Waals surface area contributed by atoms with Crippen LogP contribution in [0, 0.1) is 0 Å². The Labute approximate surface area is 169 Å². The number of carbonyl (C=O) groups excluding carboxylic acids is 2. The molecule has 2 aromatic carbocycles. The first-order chi connectivity index (χ1) is 13.9. The van der Waals surface area contributed by atoms with E-state index in [1.165, 1.54) is 6.08 Å². The van der Waals surface area contributed by atoms with Gasteiger partial charge in [0.25, 0.3) is 5.91 Å². The van der Waals surface area contributed by atoms with Gasteiger partial charge in [0.05, 0.1) is 6.54 Å². The molecule has 150 valence electrons. The van der Waals surface area contributed by atoms with Crippen LogP contribution in [0.5, 0.6) is 11.5 Å². The minimum absolute atomic E-state index is 0.0626. The van der Waals surface area contributed by atoms with Crippen molar-refractivity contribution in [3.05, 3.63) is 65.9 Å². The standard InChI is InChI=1S/C23H23NO5/c1-23(2)14-18(25)13-21(29-23)22(26)24(17-6-4-3-5-7-17)15-16-8-9-19-20(12-16)28-11-10-27-19/h3-9,12-13H,10-11,14-15H2,1-2H3. The molecule has 6 nitrogen and oxygen atoms in total. The van der Waals surface area contributed by atoms with Crippen molar-refractivity contribution in [2.75, 3.05) is 18.1 Å². The van der Waals surface area contributed by atoms with E-state index in [0.717, 1.165) is 5.56 Å². The molecule has 1 amide bonds. The molecule has 0 atom stereocenters. The number of hydrogen-bond donors (Lipinski definition) is 0. The maximum Gasteiger partial charge on any atom is 0.293 e. The highest BCUT2D eigenvalue weighted by atomic mass is 16.6. The molecule has 2 aliphatic rings. The Morgan fingerprint density at radius 2 is 1.76 bits per heavy atom. The molecule has 0 unspecified atom stereocenters. The highest BCUT2D eigenvalue weighted by Gasteiger charge is 2.34. The second-order valence-corrected chi connectivity index (χ2v) is 7.72. The number of amides is 1. The Kier molecular flexibility index (Phi) is 5.01. The van der Waals surface area contributed by atoms with Crippen LogP contribution in [0.4, 0.5) is 5.69 Å². The summed E-state index contributed by atoms with van der Waals surface area (Å²) >= 11 is 0. The molecule has 6 heteroatoms. The van der Waals surface area contributed by atoms with E-state index in [1.54, 1.807) is 18.7 Å². The predicted octanol–water partition coefficient (Wildman–Crippen LogP) is 3.64. The average Bonchev–Trinajstić information content (AvgIpc) is 2.70. The molecule has 0 N–H and O–H groups in total. The third-order valence-electron chi connectivity index (χ3n) is 4.75. The largest absolute Gasteiger partial charge is 0.486 e. The van der Waals surface area contributed by atoms with Crippen LogP contribution in [0.1, 0.15) is 25.8 Å². The lowest BCUT2D eigenvalue weighted by Gasteiger charge is -2.32. The van der Waals surface area contributed by atoms with Crippen molar-refractivity contribution < 1.29 is 23.8 Å². The monoisotopic (exact) mass is 393 g/mol. The average molecular weight is 393 g/mol. The van der Waals surface area contributed by atoms with Crippen molar-refractivity contribution in [2.45, 2.75) is 32.4 Å². The lowest BCUT2D eigenvalue weighted by molar-refractivity contribution is -0.129. The van der Waals surface area contributed by atoms with Gasteiger partial charge in [-0.15, -0.1) is 0 Å². The van der Waals surface area contributed by atoms with Gasteiger partial charge in [-0.3, -0.25) is 9.59 Å². The molecule has 0 spiro atoms. The maximum atomic E-state index is 13.3. The van der Waals surface area contributed by atoms with Crippen LogP contribution in [0.2, 0.25) is 0 Å². The van der Waals surface area contributed by atoms with Crippen LogP contribution in [0.15, 0.2) is 60.4 Å². The SMILES string of the molecule is CC1(C)CC(=O)C=C(C(=O)N(Cc2ccc3c(c2)OCCO3)c2ccccc2)O1. The molecule has 0 aliphatic carbocycles. The quantitative estimate of drug-likeness (QED) is 0.794. The Hall–Kier alpha value is -3.28. The molecule has 0 saturated carbocycles. The molecule has 0 saturated heterocycles. The number of anilines is 1. The van der Waals surface area contributed by atoms with E-state index in [1.807, 2.05) is 48.5 Å². The van der Waals surface area contributed by atoms with Crippen LogP contribution in [-0.2, 0) is 20.9 Å². The van der Waals surface area contributed by atoms with Gasteiger partial charge in [-0.1, -0.05) is 24.3 Å². The summed E-state index contributed by atoms with van der Waals surface area (Å²) in [6.45, 7) is 4.93. The number of fused-ring (bicyclic) bond motifs is 1. The van der Waals surface area contributed by atoms with Crippen molar-refractivity contribution in [1.82, 2.24) is 0 Å². The van der Waals surface area contributed by atoms with Crippen molar-refractivity contribution in [2.24, 2.45) is 0 Å². The zero-order valence-electron chi connectivity index (χ0n) is 16.5. The zero-order valence-corrected chi connectivity index (χ0v) is 16.5. The summed E-state index contributed by atoms with van der Waals surface area (Å²) < 4.78 is 17.1. The minimum Gasteiger partial charge on any atom is -0.486 e. The van der Waals surface area contributed by atoms with Gasteiger partial charge in [-0.05, 0) is 43.7 Å². The summed E-state index contributed by atoms with van der Waals surface area (Å²) in [4.78, 5) is 27.1. The highest BCUT2D eigenvalue weighted by molar-refractivity contribution is 6.08. The third-order valence-corrected chi connectivity index (χ3v) is 4.75. The third kappa shape index (κ3) is 4.26. The second-order valence-electron chi connectivity index (χ2n) is 7.72. The molecule has 2 heterocycles. The first-order valence-corrected chi connectivity index (χ1v) is 9.60. The summed E-state index contributed by atoms with van der Waals surface area (Å²) in [6, 6.07) is 15.0. The summed E-state index contributed by atoms with van der Waals surface area (Å²) in [6.07, 6.45) is 1.55. The van der Waals surface area contributed by atoms with Crippen LogP contribution >= 0.6 is 0 Å². The van der Waals surface area contributed by atoms with Gasteiger partial charge >= 0.3 is 0 Å². The van der Waals surface area contributed by atoms with Gasteiger partial charge in [0.1, 0.15) is 18.8 Å². The summed E-state index contributed by atoms with van der Waals surface area (Å²) in [7, 11) is 0. The van der Waals surface area contributed by atoms with Gasteiger partial charge in [-0.25, -0.2) is 0 Å². The number of hydrogen-bond acceptors (Lipinski definition) is 5. The number of ether oxygens (including phenoxy) is 3. The topological polar surface area (TPSA) is 65.1 Å². The summed E-state index contributed by atoms with van der Waals surface area (Å²) in [5.74, 6) is 0.957. The second kappa shape index (κ2) is 7.62. The molecule has 4 rings (SSSR count). The van der Waals surface area contributed by atoms with Crippen molar-refractivity contribution >= 4 is 17.4 Å². The van der Waals surface area contributed by atoms with Crippen molar-refractivity contribution in [3.8, 4) is 11.5 Å². The fraction of sp³-hybridized carbons (Fsp3) is 0.304. The molecule has 0 fully saturated rings. The van der Waals surface area contributed by atoms with Gasteiger partial charge in [0.2, 0.25) is 0 Å². The maximum absolute atomic E-state index is 13.3. The molecule has 2 aliphatic heterocycles. The molecule has 29 heavy (non-hydrogen) atoms. The summed E-state index contributed by atoms with van der Waals surface area (Å²) in [5, 5.41) is 0. The van der Waals surface area contributed by atoms with Gasteiger partial charge in [0, 0.05) is 18.2 Å². The van der Waals surface area contributed by atoms with Crippen LogP contribution in [0.3, 0.4) is 0 Å². The van der Waals surface area contributed by atoms with E-state index in [9.17, 15) is 9.59 Å². The van der Waals surface area contributed by atoms with Crippen molar-refractivity contribution in [3.63, 3.8) is 0 Å². The fourth-order valence-electron chi connectivity index (χ4n) is 3.48. The van der Waals surface area contributed by atoms with E-state index in [2.05, 4.69) is 0 Å².